The van der Waals surface area contributed by atoms with E-state index in [4.69, 9.17) is 4.74 Å². The molecule has 1 aromatic rings. The zero-order chi connectivity index (χ0) is 11.1. The molecule has 0 unspecified atom stereocenters. The smallest absolute Gasteiger partial charge is 0.122 e. The third-order valence-electron chi connectivity index (χ3n) is 3.12. The van der Waals surface area contributed by atoms with Crippen molar-refractivity contribution in [2.24, 2.45) is 0 Å². The number of hydrogen-bond donors (Lipinski definition) is 1. The Bertz CT molecular complexity index is 365. The average molecular weight is 206 g/mol. The molecule has 0 aromatic heterocycles. The standard InChI is InChI=1S/C13H18O2/c1-9(2)11-5-4-10(8-12(11)15-3)13(14)6-7-13/h4-5,8-9,14H,6-7H2,1-3H3. The van der Waals surface area contributed by atoms with Gasteiger partial charge in [-0.3, -0.25) is 0 Å². The number of ether oxygens (including phenoxy) is 1. The summed E-state index contributed by atoms with van der Waals surface area (Å²) in [5.41, 5.74) is 1.62. The van der Waals surface area contributed by atoms with Gasteiger partial charge in [0.1, 0.15) is 5.75 Å². The Balaban J connectivity index is 2.38. The molecular weight excluding hydrogens is 188 g/mol. The minimum atomic E-state index is -0.567. The van der Waals surface area contributed by atoms with Gasteiger partial charge in [-0.2, -0.15) is 0 Å². The Hall–Kier alpha value is -1.02. The molecule has 0 radical (unpaired) electrons. The van der Waals surface area contributed by atoms with Crippen molar-refractivity contribution in [1.29, 1.82) is 0 Å². The third kappa shape index (κ3) is 1.86. The van der Waals surface area contributed by atoms with Crippen LogP contribution in [0.25, 0.3) is 0 Å². The maximum absolute atomic E-state index is 9.99. The molecule has 0 saturated heterocycles. The predicted molar refractivity (Wildman–Crippen MR) is 60.2 cm³/mol. The number of rotatable bonds is 3. The summed E-state index contributed by atoms with van der Waals surface area (Å²) in [7, 11) is 1.68. The second-order valence-electron chi connectivity index (χ2n) is 4.64. The molecule has 2 heteroatoms. The zero-order valence-electron chi connectivity index (χ0n) is 9.58. The van der Waals surface area contributed by atoms with Gasteiger partial charge in [-0.25, -0.2) is 0 Å². The van der Waals surface area contributed by atoms with Gasteiger partial charge in [-0.15, -0.1) is 0 Å². The summed E-state index contributed by atoms with van der Waals surface area (Å²) >= 11 is 0. The molecule has 0 spiro atoms. The van der Waals surface area contributed by atoms with Crippen LogP contribution in [0, 0.1) is 0 Å². The van der Waals surface area contributed by atoms with E-state index < -0.39 is 5.60 Å². The third-order valence-corrected chi connectivity index (χ3v) is 3.12. The summed E-state index contributed by atoms with van der Waals surface area (Å²) in [6.07, 6.45) is 1.74. The topological polar surface area (TPSA) is 29.5 Å². The molecule has 82 valence electrons. The Morgan fingerprint density at radius 2 is 2.00 bits per heavy atom. The van der Waals surface area contributed by atoms with Crippen molar-refractivity contribution in [3.05, 3.63) is 29.3 Å². The molecule has 1 aliphatic rings. The van der Waals surface area contributed by atoms with E-state index in [1.165, 1.54) is 5.56 Å². The molecule has 0 heterocycles. The summed E-state index contributed by atoms with van der Waals surface area (Å²) in [6.45, 7) is 4.28. The minimum Gasteiger partial charge on any atom is -0.496 e. The predicted octanol–water partition coefficient (Wildman–Crippen LogP) is 2.80. The molecule has 1 aliphatic carbocycles. The molecule has 2 rings (SSSR count). The number of methoxy groups -OCH3 is 1. The van der Waals surface area contributed by atoms with E-state index in [9.17, 15) is 5.11 Å². The van der Waals surface area contributed by atoms with Crippen LogP contribution in [-0.2, 0) is 5.60 Å². The first kappa shape index (κ1) is 10.5. The minimum absolute atomic E-state index is 0.447. The number of hydrogen-bond acceptors (Lipinski definition) is 2. The van der Waals surface area contributed by atoms with Crippen molar-refractivity contribution >= 4 is 0 Å². The van der Waals surface area contributed by atoms with Gasteiger partial charge in [-0.05, 0) is 36.0 Å². The van der Waals surface area contributed by atoms with Gasteiger partial charge in [0.05, 0.1) is 12.7 Å². The van der Waals surface area contributed by atoms with E-state index in [2.05, 4.69) is 19.9 Å². The highest BCUT2D eigenvalue weighted by molar-refractivity contribution is 5.42. The Kier molecular flexibility index (Phi) is 2.47. The van der Waals surface area contributed by atoms with Gasteiger partial charge >= 0.3 is 0 Å². The summed E-state index contributed by atoms with van der Waals surface area (Å²) in [4.78, 5) is 0. The van der Waals surface area contributed by atoms with Gasteiger partial charge < -0.3 is 9.84 Å². The highest BCUT2D eigenvalue weighted by Crippen LogP contribution is 2.46. The molecule has 1 fully saturated rings. The van der Waals surface area contributed by atoms with Crippen molar-refractivity contribution in [1.82, 2.24) is 0 Å². The van der Waals surface area contributed by atoms with Crippen molar-refractivity contribution < 1.29 is 9.84 Å². The van der Waals surface area contributed by atoms with Crippen LogP contribution in [0.4, 0.5) is 0 Å². The fraction of sp³-hybridized carbons (Fsp3) is 0.538. The maximum Gasteiger partial charge on any atom is 0.122 e. The SMILES string of the molecule is COc1cc(C2(O)CC2)ccc1C(C)C. The van der Waals surface area contributed by atoms with E-state index in [1.54, 1.807) is 7.11 Å². The molecule has 1 N–H and O–H groups in total. The van der Waals surface area contributed by atoms with Crippen LogP contribution in [0.15, 0.2) is 18.2 Å². The van der Waals surface area contributed by atoms with Crippen molar-refractivity contribution in [3.8, 4) is 5.75 Å². The normalized spacial score (nSPS) is 17.9. The lowest BCUT2D eigenvalue weighted by Gasteiger charge is -2.15. The molecule has 0 bridgehead atoms. The molecule has 2 nitrogen and oxygen atoms in total. The van der Waals surface area contributed by atoms with Crippen LogP contribution in [0.2, 0.25) is 0 Å². The quantitative estimate of drug-likeness (QED) is 0.824. The molecule has 0 aliphatic heterocycles. The fourth-order valence-corrected chi connectivity index (χ4v) is 1.88. The summed E-state index contributed by atoms with van der Waals surface area (Å²) in [5.74, 6) is 1.34. The van der Waals surface area contributed by atoms with Gasteiger partial charge in [0.2, 0.25) is 0 Å². The van der Waals surface area contributed by atoms with Gasteiger partial charge in [0.15, 0.2) is 0 Å². The largest absolute Gasteiger partial charge is 0.496 e. The molecule has 1 aromatic carbocycles. The zero-order valence-corrected chi connectivity index (χ0v) is 9.58. The lowest BCUT2D eigenvalue weighted by atomic mass is 9.98. The van der Waals surface area contributed by atoms with Gasteiger partial charge in [0.25, 0.3) is 0 Å². The Labute approximate surface area is 90.9 Å². The first-order valence-corrected chi connectivity index (χ1v) is 5.47. The summed E-state index contributed by atoms with van der Waals surface area (Å²) in [6, 6.07) is 6.06. The lowest BCUT2D eigenvalue weighted by Crippen LogP contribution is -2.05. The van der Waals surface area contributed by atoms with Crippen molar-refractivity contribution in [3.63, 3.8) is 0 Å². The van der Waals surface area contributed by atoms with Crippen LogP contribution < -0.4 is 4.74 Å². The highest BCUT2D eigenvalue weighted by atomic mass is 16.5. The van der Waals surface area contributed by atoms with E-state index in [0.29, 0.717) is 5.92 Å². The first-order chi connectivity index (χ1) is 7.07. The number of benzene rings is 1. The Morgan fingerprint density at radius 3 is 2.47 bits per heavy atom. The van der Waals surface area contributed by atoms with Crippen LogP contribution in [0.3, 0.4) is 0 Å². The molecular formula is C13H18O2. The van der Waals surface area contributed by atoms with Crippen LogP contribution in [-0.4, -0.2) is 12.2 Å². The molecule has 0 atom stereocenters. The molecule has 15 heavy (non-hydrogen) atoms. The van der Waals surface area contributed by atoms with Crippen LogP contribution >= 0.6 is 0 Å². The molecule has 0 amide bonds. The van der Waals surface area contributed by atoms with Crippen molar-refractivity contribution in [2.75, 3.05) is 7.11 Å². The van der Waals surface area contributed by atoms with Crippen molar-refractivity contribution in [2.45, 2.75) is 38.2 Å². The van der Waals surface area contributed by atoms with Gasteiger partial charge in [-0.1, -0.05) is 26.0 Å². The number of aliphatic hydroxyl groups is 1. The average Bonchev–Trinajstić information content (AvgIpc) is 2.96. The second-order valence-corrected chi connectivity index (χ2v) is 4.64. The van der Waals surface area contributed by atoms with E-state index >= 15 is 0 Å². The van der Waals surface area contributed by atoms with E-state index in [-0.39, 0.29) is 0 Å². The van der Waals surface area contributed by atoms with E-state index in [0.717, 1.165) is 24.2 Å². The van der Waals surface area contributed by atoms with Crippen LogP contribution in [0.1, 0.15) is 43.7 Å². The summed E-state index contributed by atoms with van der Waals surface area (Å²) < 4.78 is 5.36. The fourth-order valence-electron chi connectivity index (χ4n) is 1.88. The van der Waals surface area contributed by atoms with Gasteiger partial charge in [0, 0.05) is 0 Å². The Morgan fingerprint density at radius 1 is 1.33 bits per heavy atom. The first-order valence-electron chi connectivity index (χ1n) is 5.47. The van der Waals surface area contributed by atoms with E-state index in [1.807, 2.05) is 12.1 Å². The second kappa shape index (κ2) is 3.53. The lowest BCUT2D eigenvalue weighted by molar-refractivity contribution is 0.151. The monoisotopic (exact) mass is 206 g/mol. The maximum atomic E-state index is 9.99. The van der Waals surface area contributed by atoms with Crippen LogP contribution in [0.5, 0.6) is 5.75 Å². The summed E-state index contributed by atoms with van der Waals surface area (Å²) in [5, 5.41) is 9.99. The highest BCUT2D eigenvalue weighted by Gasteiger charge is 2.42. The molecule has 1 saturated carbocycles.